The van der Waals surface area contributed by atoms with Gasteiger partial charge < -0.3 is 10.1 Å². The summed E-state index contributed by atoms with van der Waals surface area (Å²) in [5, 5.41) is 15.2. The zero-order chi connectivity index (χ0) is 18.5. The predicted octanol–water partition coefficient (Wildman–Crippen LogP) is 3.10. The minimum atomic E-state index is -0.273. The summed E-state index contributed by atoms with van der Waals surface area (Å²) < 4.78 is 20.2. The van der Waals surface area contributed by atoms with Crippen LogP contribution < -0.4 is 10.1 Å². The molecule has 0 unspecified atom stereocenters. The van der Waals surface area contributed by atoms with E-state index in [1.165, 1.54) is 12.1 Å². The van der Waals surface area contributed by atoms with Crippen LogP contribution in [-0.4, -0.2) is 33.2 Å². The van der Waals surface area contributed by atoms with Crippen molar-refractivity contribution in [2.75, 3.05) is 13.2 Å². The lowest BCUT2D eigenvalue weighted by molar-refractivity contribution is 0.313. The van der Waals surface area contributed by atoms with Gasteiger partial charge in [0.05, 0.1) is 0 Å². The molecule has 4 rings (SSSR count). The Morgan fingerprint density at radius 2 is 1.81 bits per heavy atom. The van der Waals surface area contributed by atoms with Gasteiger partial charge in [-0.3, -0.25) is 0 Å². The van der Waals surface area contributed by atoms with Crippen LogP contribution in [0.3, 0.4) is 0 Å². The number of hydrogen-bond acceptors (Lipinski definition) is 5. The maximum absolute atomic E-state index is 12.9. The van der Waals surface area contributed by atoms with Crippen molar-refractivity contribution < 1.29 is 9.13 Å². The molecule has 0 aliphatic rings. The highest BCUT2D eigenvalue weighted by atomic mass is 19.1. The second kappa shape index (κ2) is 7.92. The number of halogens is 1. The maximum atomic E-state index is 12.9. The Kier molecular flexibility index (Phi) is 5.02. The van der Waals surface area contributed by atoms with Gasteiger partial charge >= 0.3 is 0 Å². The van der Waals surface area contributed by atoms with E-state index in [-0.39, 0.29) is 5.82 Å². The fourth-order valence-corrected chi connectivity index (χ4v) is 2.83. The standard InChI is InChI=1S/C20H18FN5O/c21-18-6-8-19(9-7-18)27-11-10-22-13-16-12-17(15-4-2-1-3-5-15)14-26-20(16)23-24-25-26/h1-9,12,14,22H,10-11,13H2. The van der Waals surface area contributed by atoms with Crippen LogP contribution in [0.1, 0.15) is 5.56 Å². The minimum Gasteiger partial charge on any atom is -0.492 e. The average Bonchev–Trinajstić information content (AvgIpc) is 3.18. The topological polar surface area (TPSA) is 64.3 Å². The number of hydrogen-bond donors (Lipinski definition) is 1. The molecule has 2 aromatic carbocycles. The predicted molar refractivity (Wildman–Crippen MR) is 99.8 cm³/mol. The summed E-state index contributed by atoms with van der Waals surface area (Å²) in [5.74, 6) is 0.373. The molecule has 0 aliphatic carbocycles. The first-order valence-electron chi connectivity index (χ1n) is 8.65. The van der Waals surface area contributed by atoms with Crippen molar-refractivity contribution in [2.24, 2.45) is 0 Å². The molecule has 0 amide bonds. The van der Waals surface area contributed by atoms with Crippen LogP contribution in [0.5, 0.6) is 5.75 Å². The molecule has 0 saturated carbocycles. The normalized spacial score (nSPS) is 11.0. The fraction of sp³-hybridized carbons (Fsp3) is 0.150. The summed E-state index contributed by atoms with van der Waals surface area (Å²) in [7, 11) is 0. The van der Waals surface area contributed by atoms with Crippen LogP contribution in [0.2, 0.25) is 0 Å². The molecule has 0 aliphatic heterocycles. The molecule has 0 saturated heterocycles. The van der Waals surface area contributed by atoms with Gasteiger partial charge in [-0.15, -0.1) is 5.10 Å². The van der Waals surface area contributed by atoms with Crippen LogP contribution >= 0.6 is 0 Å². The Labute approximate surface area is 155 Å². The van der Waals surface area contributed by atoms with E-state index in [9.17, 15) is 4.39 Å². The van der Waals surface area contributed by atoms with E-state index in [0.717, 1.165) is 22.3 Å². The average molecular weight is 363 g/mol. The van der Waals surface area contributed by atoms with Crippen LogP contribution in [0.25, 0.3) is 16.8 Å². The van der Waals surface area contributed by atoms with Gasteiger partial charge in [0.15, 0.2) is 5.65 Å². The number of fused-ring (bicyclic) bond motifs is 1. The third-order valence-corrected chi connectivity index (χ3v) is 4.15. The number of rotatable bonds is 7. The number of tetrazole rings is 1. The van der Waals surface area contributed by atoms with E-state index in [2.05, 4.69) is 39.0 Å². The zero-order valence-electron chi connectivity index (χ0n) is 14.5. The lowest BCUT2D eigenvalue weighted by Crippen LogP contribution is -2.21. The van der Waals surface area contributed by atoms with Gasteiger partial charge in [0.1, 0.15) is 18.2 Å². The van der Waals surface area contributed by atoms with Crippen molar-refractivity contribution in [3.8, 4) is 16.9 Å². The molecule has 0 fully saturated rings. The Morgan fingerprint density at radius 1 is 1.00 bits per heavy atom. The van der Waals surface area contributed by atoms with Gasteiger partial charge in [0.2, 0.25) is 0 Å². The molecule has 1 N–H and O–H groups in total. The second-order valence-corrected chi connectivity index (χ2v) is 6.05. The van der Waals surface area contributed by atoms with E-state index in [1.54, 1.807) is 16.6 Å². The number of ether oxygens (including phenoxy) is 1. The van der Waals surface area contributed by atoms with E-state index < -0.39 is 0 Å². The monoisotopic (exact) mass is 363 g/mol. The van der Waals surface area contributed by atoms with E-state index in [4.69, 9.17) is 4.74 Å². The number of aromatic nitrogens is 4. The van der Waals surface area contributed by atoms with E-state index in [0.29, 0.717) is 25.4 Å². The third-order valence-electron chi connectivity index (χ3n) is 4.15. The fourth-order valence-electron chi connectivity index (χ4n) is 2.83. The highest BCUT2D eigenvalue weighted by molar-refractivity contribution is 5.66. The lowest BCUT2D eigenvalue weighted by atomic mass is 10.1. The van der Waals surface area contributed by atoms with Crippen molar-refractivity contribution >= 4 is 5.65 Å². The van der Waals surface area contributed by atoms with Crippen molar-refractivity contribution in [1.82, 2.24) is 25.4 Å². The summed E-state index contributed by atoms with van der Waals surface area (Å²) in [5.41, 5.74) is 3.88. The molecule has 7 heteroatoms. The Bertz CT molecular complexity index is 1020. The highest BCUT2D eigenvalue weighted by Crippen LogP contribution is 2.21. The molecule has 4 aromatic rings. The van der Waals surface area contributed by atoms with Crippen molar-refractivity contribution in [1.29, 1.82) is 0 Å². The van der Waals surface area contributed by atoms with Gasteiger partial charge in [-0.2, -0.15) is 4.52 Å². The van der Waals surface area contributed by atoms with Crippen molar-refractivity contribution in [3.63, 3.8) is 0 Å². The first-order valence-corrected chi connectivity index (χ1v) is 8.65. The number of benzene rings is 2. The SMILES string of the molecule is Fc1ccc(OCCNCc2cc(-c3ccccc3)cn3nnnc23)cc1. The van der Waals surface area contributed by atoms with Crippen LogP contribution in [0.15, 0.2) is 66.9 Å². The zero-order valence-corrected chi connectivity index (χ0v) is 14.5. The summed E-state index contributed by atoms with van der Waals surface area (Å²) in [6.07, 6.45) is 1.92. The third kappa shape index (κ3) is 4.09. The molecule has 136 valence electrons. The van der Waals surface area contributed by atoms with Crippen molar-refractivity contribution in [2.45, 2.75) is 6.54 Å². The van der Waals surface area contributed by atoms with Gasteiger partial charge in [-0.1, -0.05) is 30.3 Å². The van der Waals surface area contributed by atoms with Crippen LogP contribution in [-0.2, 0) is 6.54 Å². The van der Waals surface area contributed by atoms with Gasteiger partial charge in [0, 0.05) is 30.4 Å². The lowest BCUT2D eigenvalue weighted by Gasteiger charge is -2.10. The molecule has 27 heavy (non-hydrogen) atoms. The van der Waals surface area contributed by atoms with Crippen molar-refractivity contribution in [3.05, 3.63) is 78.2 Å². The maximum Gasteiger partial charge on any atom is 0.183 e. The largest absolute Gasteiger partial charge is 0.492 e. The van der Waals surface area contributed by atoms with Gasteiger partial charge in [0.25, 0.3) is 0 Å². The minimum absolute atomic E-state index is 0.273. The number of nitrogens with one attached hydrogen (secondary N) is 1. The van der Waals surface area contributed by atoms with Crippen LogP contribution in [0.4, 0.5) is 4.39 Å². The first-order chi connectivity index (χ1) is 13.3. The highest BCUT2D eigenvalue weighted by Gasteiger charge is 2.09. The molecular formula is C20H18FN5O. The Morgan fingerprint density at radius 3 is 2.63 bits per heavy atom. The summed E-state index contributed by atoms with van der Waals surface area (Å²) >= 11 is 0. The Balaban J connectivity index is 1.41. The first kappa shape index (κ1) is 17.1. The molecule has 0 bridgehead atoms. The molecule has 0 spiro atoms. The summed E-state index contributed by atoms with van der Waals surface area (Å²) in [6.45, 7) is 1.73. The summed E-state index contributed by atoms with van der Waals surface area (Å²) in [6, 6.07) is 18.2. The smallest absolute Gasteiger partial charge is 0.183 e. The Hall–Kier alpha value is -3.32. The van der Waals surface area contributed by atoms with Gasteiger partial charge in [-0.25, -0.2) is 4.39 Å². The van der Waals surface area contributed by atoms with Gasteiger partial charge in [-0.05, 0) is 46.3 Å². The number of pyridine rings is 1. The molecule has 2 heterocycles. The molecule has 6 nitrogen and oxygen atoms in total. The summed E-state index contributed by atoms with van der Waals surface area (Å²) in [4.78, 5) is 0. The van der Waals surface area contributed by atoms with Crippen LogP contribution in [0, 0.1) is 5.82 Å². The number of nitrogens with zero attached hydrogens (tertiary/aromatic N) is 4. The molecular weight excluding hydrogens is 345 g/mol. The molecule has 2 aromatic heterocycles. The van der Waals surface area contributed by atoms with E-state index >= 15 is 0 Å². The molecule has 0 atom stereocenters. The quantitative estimate of drug-likeness (QED) is 0.511. The van der Waals surface area contributed by atoms with E-state index in [1.807, 2.05) is 24.4 Å². The molecule has 0 radical (unpaired) electrons. The second-order valence-electron chi connectivity index (χ2n) is 6.05.